The Kier molecular flexibility index (Phi) is 9.98. The Morgan fingerprint density at radius 2 is 1.48 bits per heavy atom. The number of likely N-dealkylation sites (tertiary alicyclic amines) is 1. The van der Waals surface area contributed by atoms with Crippen molar-refractivity contribution in [1.29, 1.82) is 0 Å². The molecule has 0 aliphatic carbocycles. The monoisotopic (exact) mass is 676 g/mol. The van der Waals surface area contributed by atoms with Crippen molar-refractivity contribution in [1.82, 2.24) is 18.3 Å². The lowest BCUT2D eigenvalue weighted by Crippen LogP contribution is -2.43. The number of carbonyl (C=O) groups excluding carboxylic acids is 1. The topological polar surface area (TPSA) is 93.8 Å². The lowest BCUT2D eigenvalue weighted by Gasteiger charge is -2.34. The molecule has 5 aromatic rings. The highest BCUT2D eigenvalue weighted by Crippen LogP contribution is 2.29. The van der Waals surface area contributed by atoms with Crippen molar-refractivity contribution in [3.05, 3.63) is 124 Å². The summed E-state index contributed by atoms with van der Waals surface area (Å²) in [5.41, 5.74) is 2.70. The minimum Gasteiger partial charge on any atom is -0.447 e. The molecule has 9 nitrogen and oxygen atoms in total. The van der Waals surface area contributed by atoms with Crippen molar-refractivity contribution in [2.24, 2.45) is 0 Å². The average molecular weight is 677 g/mol. The fraction of sp³-hybridized carbons (Fsp3) is 0.294. The number of piperidine rings is 1. The smallest absolute Gasteiger partial charge is 0.409 e. The third kappa shape index (κ3) is 6.80. The molecule has 0 bridgehead atoms. The SMILES string of the molecule is CSC(COC(=O)N1CCC(n2c(=O)n(S(=O)(=O)c3cccs3)c3ccccc32)CC1)N(Cc1ccccc1)Cc1ccccc1. The van der Waals surface area contributed by atoms with Gasteiger partial charge in [0, 0.05) is 32.2 Å². The first-order valence-electron chi connectivity index (χ1n) is 15.1. The molecule has 46 heavy (non-hydrogen) atoms. The van der Waals surface area contributed by atoms with Crippen LogP contribution in [0.3, 0.4) is 0 Å². The summed E-state index contributed by atoms with van der Waals surface area (Å²) in [6.07, 6.45) is 2.65. The molecule has 3 aromatic carbocycles. The van der Waals surface area contributed by atoms with E-state index >= 15 is 0 Å². The van der Waals surface area contributed by atoms with Crippen molar-refractivity contribution in [2.75, 3.05) is 26.0 Å². The fourth-order valence-electron chi connectivity index (χ4n) is 5.99. The van der Waals surface area contributed by atoms with Gasteiger partial charge in [-0.3, -0.25) is 9.47 Å². The third-order valence-corrected chi connectivity index (χ3v) is 12.3. The lowest BCUT2D eigenvalue weighted by atomic mass is 10.0. The van der Waals surface area contributed by atoms with E-state index in [2.05, 4.69) is 29.2 Å². The van der Waals surface area contributed by atoms with E-state index in [9.17, 15) is 18.0 Å². The van der Waals surface area contributed by atoms with Crippen LogP contribution in [-0.4, -0.2) is 64.2 Å². The molecule has 240 valence electrons. The first kappa shape index (κ1) is 32.1. The number of para-hydroxylation sites is 2. The quantitative estimate of drug-likeness (QED) is 0.152. The van der Waals surface area contributed by atoms with Gasteiger partial charge in [-0.05, 0) is 53.8 Å². The molecule has 3 heterocycles. The predicted octanol–water partition coefficient (Wildman–Crippen LogP) is 6.27. The summed E-state index contributed by atoms with van der Waals surface area (Å²) >= 11 is 2.73. The average Bonchev–Trinajstić information content (AvgIpc) is 3.73. The number of benzene rings is 3. The van der Waals surface area contributed by atoms with E-state index < -0.39 is 15.7 Å². The van der Waals surface area contributed by atoms with Crippen LogP contribution in [0, 0.1) is 0 Å². The first-order valence-corrected chi connectivity index (χ1v) is 18.7. The summed E-state index contributed by atoms with van der Waals surface area (Å²) in [7, 11) is -4.05. The number of nitrogens with zero attached hydrogens (tertiary/aromatic N) is 4. The second kappa shape index (κ2) is 14.3. The van der Waals surface area contributed by atoms with Crippen LogP contribution >= 0.6 is 23.1 Å². The van der Waals surface area contributed by atoms with Crippen molar-refractivity contribution in [3.63, 3.8) is 0 Å². The van der Waals surface area contributed by atoms with Crippen LogP contribution in [0.2, 0.25) is 0 Å². The molecule has 1 atom stereocenters. The number of thiophene rings is 1. The summed E-state index contributed by atoms with van der Waals surface area (Å²) in [5.74, 6) is 0. The van der Waals surface area contributed by atoms with Crippen LogP contribution in [-0.2, 0) is 27.8 Å². The zero-order chi connectivity index (χ0) is 32.1. The van der Waals surface area contributed by atoms with Gasteiger partial charge in [-0.2, -0.15) is 12.4 Å². The maximum atomic E-state index is 13.7. The lowest BCUT2D eigenvalue weighted by molar-refractivity contribution is 0.0713. The molecule has 12 heteroatoms. The van der Waals surface area contributed by atoms with Gasteiger partial charge in [-0.15, -0.1) is 23.1 Å². The molecule has 1 amide bonds. The normalized spacial score (nSPS) is 15.0. The number of hydrogen-bond donors (Lipinski definition) is 0. The molecule has 0 radical (unpaired) electrons. The minimum absolute atomic E-state index is 0.0584. The van der Waals surface area contributed by atoms with Gasteiger partial charge in [0.15, 0.2) is 0 Å². The number of hydrogen-bond acceptors (Lipinski definition) is 8. The maximum absolute atomic E-state index is 13.7. The molecule has 1 fully saturated rings. The molecule has 1 saturated heterocycles. The standard InChI is InChI=1S/C34H36N4O5S3/c1-44-31(36(23-26-11-4-2-5-12-26)24-27-13-6-3-7-14-27)25-43-34(40)35-20-18-28(19-21-35)37-29-15-8-9-16-30(29)38(33(37)39)46(41,42)32-17-10-22-45-32/h2-17,22,28,31H,18-21,23-25H2,1H3. The number of rotatable bonds is 11. The second-order valence-electron chi connectivity index (χ2n) is 11.2. The van der Waals surface area contributed by atoms with E-state index in [1.807, 2.05) is 42.7 Å². The highest BCUT2D eigenvalue weighted by Gasteiger charge is 2.32. The van der Waals surface area contributed by atoms with Crippen molar-refractivity contribution in [3.8, 4) is 0 Å². The largest absolute Gasteiger partial charge is 0.447 e. The Balaban J connectivity index is 1.13. The number of imidazole rings is 1. The molecular formula is C34H36N4O5S3. The van der Waals surface area contributed by atoms with Crippen molar-refractivity contribution in [2.45, 2.75) is 41.6 Å². The maximum Gasteiger partial charge on any atom is 0.409 e. The van der Waals surface area contributed by atoms with E-state index in [4.69, 9.17) is 4.74 Å². The summed E-state index contributed by atoms with van der Waals surface area (Å²) in [4.78, 5) is 31.0. The van der Waals surface area contributed by atoms with Crippen LogP contribution in [0.5, 0.6) is 0 Å². The van der Waals surface area contributed by atoms with E-state index in [-0.39, 0.29) is 28.3 Å². The summed E-state index contributed by atoms with van der Waals surface area (Å²) < 4.78 is 35.4. The Morgan fingerprint density at radius 3 is 2.04 bits per heavy atom. The number of ether oxygens (including phenoxy) is 1. The van der Waals surface area contributed by atoms with Crippen LogP contribution in [0.1, 0.15) is 30.0 Å². The molecular weight excluding hydrogens is 641 g/mol. The van der Waals surface area contributed by atoms with Crippen LogP contribution in [0.4, 0.5) is 4.79 Å². The van der Waals surface area contributed by atoms with E-state index in [0.717, 1.165) is 28.4 Å². The zero-order valence-electron chi connectivity index (χ0n) is 25.5. The molecule has 1 unspecified atom stereocenters. The molecule has 1 aliphatic heterocycles. The van der Waals surface area contributed by atoms with Gasteiger partial charge in [-0.25, -0.2) is 9.59 Å². The van der Waals surface area contributed by atoms with E-state index in [1.54, 1.807) is 56.9 Å². The molecule has 1 aliphatic rings. The van der Waals surface area contributed by atoms with Gasteiger partial charge in [0.25, 0.3) is 10.0 Å². The summed E-state index contributed by atoms with van der Waals surface area (Å²) in [6, 6.07) is 30.4. The number of aromatic nitrogens is 2. The van der Waals surface area contributed by atoms with Gasteiger partial charge < -0.3 is 9.64 Å². The van der Waals surface area contributed by atoms with Gasteiger partial charge >= 0.3 is 11.8 Å². The fourth-order valence-corrected chi connectivity index (χ4v) is 9.10. The number of thioether (sulfide) groups is 1. The highest BCUT2D eigenvalue weighted by molar-refractivity contribution is 7.99. The van der Waals surface area contributed by atoms with Gasteiger partial charge in [0.05, 0.1) is 16.4 Å². The third-order valence-electron chi connectivity index (χ3n) is 8.30. The van der Waals surface area contributed by atoms with Gasteiger partial charge in [0.2, 0.25) is 0 Å². The van der Waals surface area contributed by atoms with Crippen molar-refractivity contribution < 1.29 is 17.9 Å². The minimum atomic E-state index is -4.05. The van der Waals surface area contributed by atoms with E-state index in [0.29, 0.717) is 37.0 Å². The Bertz CT molecular complexity index is 1880. The Hall–Kier alpha value is -3.84. The first-order chi connectivity index (χ1) is 22.4. The zero-order valence-corrected chi connectivity index (χ0v) is 27.9. The Labute approximate surface area is 277 Å². The number of carbonyl (C=O) groups is 1. The highest BCUT2D eigenvalue weighted by atomic mass is 32.2. The molecule has 0 N–H and O–H groups in total. The molecule has 0 saturated carbocycles. The Morgan fingerprint density at radius 1 is 0.891 bits per heavy atom. The van der Waals surface area contributed by atoms with Gasteiger partial charge in [0.1, 0.15) is 10.8 Å². The molecule has 6 rings (SSSR count). The van der Waals surface area contributed by atoms with Crippen LogP contribution < -0.4 is 5.69 Å². The van der Waals surface area contributed by atoms with Crippen LogP contribution in [0.25, 0.3) is 11.0 Å². The summed E-state index contributed by atoms with van der Waals surface area (Å²) in [5, 5.41) is 1.62. The van der Waals surface area contributed by atoms with Gasteiger partial charge in [-0.1, -0.05) is 78.9 Å². The summed E-state index contributed by atoms with van der Waals surface area (Å²) in [6.45, 7) is 2.46. The molecule has 0 spiro atoms. The molecule has 2 aromatic heterocycles. The number of amides is 1. The van der Waals surface area contributed by atoms with Crippen molar-refractivity contribution >= 4 is 50.2 Å². The number of fused-ring (bicyclic) bond motifs is 1. The van der Waals surface area contributed by atoms with Crippen LogP contribution in [0.15, 0.2) is 111 Å². The predicted molar refractivity (Wildman–Crippen MR) is 184 cm³/mol. The van der Waals surface area contributed by atoms with E-state index in [1.165, 1.54) is 17.2 Å². The second-order valence-corrected chi connectivity index (χ2v) is 15.2.